The Morgan fingerprint density at radius 1 is 1.03 bits per heavy atom. The number of hydrogen-bond acceptors (Lipinski definition) is 4. The highest BCUT2D eigenvalue weighted by Gasteiger charge is 2.21. The molecular weight excluding hydrogens is 426 g/mol. The maximum atomic E-state index is 12.9. The summed E-state index contributed by atoms with van der Waals surface area (Å²) in [6.45, 7) is 12.1. The van der Waals surface area contributed by atoms with E-state index in [1.165, 1.54) is 5.69 Å². The first-order valence-electron chi connectivity index (χ1n) is 12.2. The first kappa shape index (κ1) is 23.8. The van der Waals surface area contributed by atoms with Gasteiger partial charge in [-0.05, 0) is 56.3 Å². The van der Waals surface area contributed by atoms with Crippen LogP contribution in [0.15, 0.2) is 53.3 Å². The predicted octanol–water partition coefficient (Wildman–Crippen LogP) is 4.07. The van der Waals surface area contributed by atoms with Gasteiger partial charge >= 0.3 is 6.03 Å². The predicted molar refractivity (Wildman–Crippen MR) is 140 cm³/mol. The Morgan fingerprint density at radius 3 is 2.41 bits per heavy atom. The fourth-order valence-corrected chi connectivity index (χ4v) is 4.70. The van der Waals surface area contributed by atoms with E-state index in [0.717, 1.165) is 61.2 Å². The van der Waals surface area contributed by atoms with Gasteiger partial charge in [0.15, 0.2) is 0 Å². The summed E-state index contributed by atoms with van der Waals surface area (Å²) in [4.78, 5) is 35.1. The zero-order valence-corrected chi connectivity index (χ0v) is 20.4. The summed E-state index contributed by atoms with van der Waals surface area (Å²) >= 11 is 0. The Kier molecular flexibility index (Phi) is 7.53. The van der Waals surface area contributed by atoms with E-state index < -0.39 is 0 Å². The Balaban J connectivity index is 1.42. The number of carbonyl (C=O) groups excluding carboxylic acids is 1. The number of urea groups is 1. The van der Waals surface area contributed by atoms with Crippen molar-refractivity contribution in [3.05, 3.63) is 70.0 Å². The molecule has 180 valence electrons. The van der Waals surface area contributed by atoms with Crippen molar-refractivity contribution in [3.8, 4) is 0 Å². The molecule has 4 rings (SSSR count). The number of piperazine rings is 1. The topological polar surface area (TPSA) is 71.7 Å². The van der Waals surface area contributed by atoms with Crippen molar-refractivity contribution in [2.24, 2.45) is 0 Å². The van der Waals surface area contributed by atoms with E-state index >= 15 is 0 Å². The molecule has 1 aliphatic rings. The van der Waals surface area contributed by atoms with Gasteiger partial charge in [0.2, 0.25) is 0 Å². The number of rotatable bonds is 7. The zero-order valence-electron chi connectivity index (χ0n) is 20.4. The summed E-state index contributed by atoms with van der Waals surface area (Å²) in [5, 5.41) is 4.02. The maximum absolute atomic E-state index is 12.9. The van der Waals surface area contributed by atoms with Gasteiger partial charge in [-0.2, -0.15) is 0 Å². The number of H-pyrrole nitrogens is 1. The molecule has 2 amide bonds. The molecule has 0 atom stereocenters. The second kappa shape index (κ2) is 10.7. The van der Waals surface area contributed by atoms with Gasteiger partial charge < -0.3 is 25.0 Å². The number of carbonyl (C=O) groups is 1. The number of benzene rings is 2. The quantitative estimate of drug-likeness (QED) is 0.556. The van der Waals surface area contributed by atoms with Crippen molar-refractivity contribution >= 4 is 28.3 Å². The van der Waals surface area contributed by atoms with E-state index in [1.807, 2.05) is 48.2 Å². The molecule has 0 aliphatic carbocycles. The lowest BCUT2D eigenvalue weighted by Crippen LogP contribution is -2.50. The van der Waals surface area contributed by atoms with E-state index in [9.17, 15) is 9.59 Å². The fourth-order valence-electron chi connectivity index (χ4n) is 4.70. The first-order valence-corrected chi connectivity index (χ1v) is 12.2. The number of para-hydroxylation sites is 1. The lowest BCUT2D eigenvalue weighted by Gasteiger charge is -2.36. The summed E-state index contributed by atoms with van der Waals surface area (Å²) in [5.74, 6) is 0. The van der Waals surface area contributed by atoms with Crippen molar-refractivity contribution < 1.29 is 4.79 Å². The molecule has 1 aromatic heterocycles. The number of nitrogens with one attached hydrogen (secondary N) is 2. The third kappa shape index (κ3) is 5.25. The van der Waals surface area contributed by atoms with Crippen LogP contribution in [0.2, 0.25) is 0 Å². The Hall–Kier alpha value is -3.32. The molecular formula is C27H35N5O2. The number of amides is 2. The minimum absolute atomic E-state index is 0.0438. The average Bonchev–Trinajstić information content (AvgIpc) is 2.86. The maximum Gasteiger partial charge on any atom is 0.321 e. The van der Waals surface area contributed by atoms with Gasteiger partial charge in [-0.1, -0.05) is 38.1 Å². The summed E-state index contributed by atoms with van der Waals surface area (Å²) in [5.41, 5.74) is 4.44. The van der Waals surface area contributed by atoms with Crippen LogP contribution in [0.4, 0.5) is 16.2 Å². The molecule has 7 nitrogen and oxygen atoms in total. The minimum Gasteiger partial charge on any atom is -0.368 e. The Labute approximate surface area is 201 Å². The highest BCUT2D eigenvalue weighted by Crippen LogP contribution is 2.22. The lowest BCUT2D eigenvalue weighted by atomic mass is 10.0. The largest absolute Gasteiger partial charge is 0.368 e. The normalized spacial score (nSPS) is 14.1. The van der Waals surface area contributed by atoms with Gasteiger partial charge in [0, 0.05) is 55.0 Å². The molecule has 0 spiro atoms. The van der Waals surface area contributed by atoms with Crippen LogP contribution in [0.1, 0.15) is 25.0 Å². The number of fused-ring (bicyclic) bond motifs is 1. The number of nitrogens with zero attached hydrogens (tertiary/aromatic N) is 3. The van der Waals surface area contributed by atoms with Crippen LogP contribution in [-0.2, 0) is 6.42 Å². The number of hydrogen-bond donors (Lipinski definition) is 2. The summed E-state index contributed by atoms with van der Waals surface area (Å²) < 4.78 is 0. The molecule has 2 aromatic carbocycles. The summed E-state index contributed by atoms with van der Waals surface area (Å²) in [6, 6.07) is 15.9. The number of aromatic amines is 1. The SMILES string of the molecule is CCN(CC)CCc1c(C)c2ccc(NC(=O)N3CCN(c4ccccc4)CC3)cc2[nH]c1=O. The Morgan fingerprint density at radius 2 is 1.74 bits per heavy atom. The van der Waals surface area contributed by atoms with Crippen molar-refractivity contribution in [2.75, 3.05) is 56.0 Å². The van der Waals surface area contributed by atoms with Crippen LogP contribution in [-0.4, -0.2) is 66.6 Å². The molecule has 1 fully saturated rings. The highest BCUT2D eigenvalue weighted by molar-refractivity contribution is 5.93. The third-order valence-electron chi connectivity index (χ3n) is 6.91. The van der Waals surface area contributed by atoms with Gasteiger partial charge in [-0.3, -0.25) is 4.79 Å². The van der Waals surface area contributed by atoms with Gasteiger partial charge in [-0.15, -0.1) is 0 Å². The molecule has 2 N–H and O–H groups in total. The van der Waals surface area contributed by atoms with Gasteiger partial charge in [0.05, 0.1) is 5.52 Å². The molecule has 1 aliphatic heterocycles. The number of pyridine rings is 1. The third-order valence-corrected chi connectivity index (χ3v) is 6.91. The van der Waals surface area contributed by atoms with Crippen LogP contribution < -0.4 is 15.8 Å². The number of likely N-dealkylation sites (N-methyl/N-ethyl adjacent to an activating group) is 1. The van der Waals surface area contributed by atoms with E-state index in [-0.39, 0.29) is 11.6 Å². The molecule has 3 aromatic rings. The molecule has 0 radical (unpaired) electrons. The number of aryl methyl sites for hydroxylation is 1. The molecule has 0 saturated carbocycles. The van der Waals surface area contributed by atoms with Gasteiger partial charge in [0.25, 0.3) is 5.56 Å². The zero-order chi connectivity index (χ0) is 24.1. The molecule has 0 unspecified atom stereocenters. The van der Waals surface area contributed by atoms with Crippen LogP contribution in [0.5, 0.6) is 0 Å². The molecule has 0 bridgehead atoms. The van der Waals surface area contributed by atoms with Crippen LogP contribution in [0.25, 0.3) is 10.9 Å². The van der Waals surface area contributed by atoms with Crippen LogP contribution >= 0.6 is 0 Å². The Bertz CT molecular complexity index is 1180. The minimum atomic E-state index is -0.109. The van der Waals surface area contributed by atoms with Gasteiger partial charge in [0.1, 0.15) is 0 Å². The van der Waals surface area contributed by atoms with Crippen LogP contribution in [0, 0.1) is 6.92 Å². The second-order valence-electron chi connectivity index (χ2n) is 8.83. The van der Waals surface area contributed by atoms with Crippen molar-refractivity contribution in [1.29, 1.82) is 0 Å². The second-order valence-corrected chi connectivity index (χ2v) is 8.83. The molecule has 2 heterocycles. The van der Waals surface area contributed by atoms with Crippen molar-refractivity contribution in [2.45, 2.75) is 27.2 Å². The smallest absolute Gasteiger partial charge is 0.321 e. The van der Waals surface area contributed by atoms with Crippen molar-refractivity contribution in [3.63, 3.8) is 0 Å². The average molecular weight is 462 g/mol. The van der Waals surface area contributed by atoms with E-state index in [4.69, 9.17) is 0 Å². The first-order chi connectivity index (χ1) is 16.5. The molecule has 1 saturated heterocycles. The van der Waals surface area contributed by atoms with E-state index in [2.05, 4.69) is 46.1 Å². The monoisotopic (exact) mass is 461 g/mol. The summed E-state index contributed by atoms with van der Waals surface area (Å²) in [7, 11) is 0. The lowest BCUT2D eigenvalue weighted by molar-refractivity contribution is 0.208. The standard InChI is InChI=1S/C27H35N5O2/c1-4-30(5-2)14-13-24-20(3)23-12-11-21(19-25(23)29-26(24)33)28-27(34)32-17-15-31(16-18-32)22-9-7-6-8-10-22/h6-12,19H,4-5,13-18H2,1-3H3,(H,28,34)(H,29,33). The molecule has 7 heteroatoms. The van der Waals surface area contributed by atoms with Crippen molar-refractivity contribution in [1.82, 2.24) is 14.8 Å². The number of aromatic nitrogens is 1. The van der Waals surface area contributed by atoms with E-state index in [1.54, 1.807) is 0 Å². The fraction of sp³-hybridized carbons (Fsp3) is 0.407. The van der Waals surface area contributed by atoms with Crippen LogP contribution in [0.3, 0.4) is 0 Å². The molecule has 34 heavy (non-hydrogen) atoms. The van der Waals surface area contributed by atoms with E-state index in [0.29, 0.717) is 18.8 Å². The summed E-state index contributed by atoms with van der Waals surface area (Å²) in [6.07, 6.45) is 0.728. The highest BCUT2D eigenvalue weighted by atomic mass is 16.2. The van der Waals surface area contributed by atoms with Gasteiger partial charge in [-0.25, -0.2) is 4.79 Å². The number of anilines is 2.